The third-order valence-electron chi connectivity index (χ3n) is 4.58. The summed E-state index contributed by atoms with van der Waals surface area (Å²) in [6.45, 7) is 5.32. The molecule has 2 aliphatic heterocycles. The van der Waals surface area contributed by atoms with Gasteiger partial charge >= 0.3 is 5.97 Å². The Morgan fingerprint density at radius 1 is 1.26 bits per heavy atom. The highest BCUT2D eigenvalue weighted by Gasteiger charge is 2.22. The summed E-state index contributed by atoms with van der Waals surface area (Å²) in [5, 5.41) is 7.44. The minimum Gasteiger partial charge on any atom is -0.465 e. The number of carbonyl (C=O) groups excluding carboxylic acids is 1. The zero-order chi connectivity index (χ0) is 19.1. The zero-order valence-corrected chi connectivity index (χ0v) is 15.4. The highest BCUT2D eigenvalue weighted by molar-refractivity contribution is 5.96. The molecule has 0 saturated heterocycles. The fourth-order valence-corrected chi connectivity index (χ4v) is 3.35. The molecule has 1 aromatic heterocycles. The van der Waals surface area contributed by atoms with Gasteiger partial charge in [-0.3, -0.25) is 4.79 Å². The van der Waals surface area contributed by atoms with E-state index >= 15 is 0 Å². The minimum atomic E-state index is -0.537. The fourth-order valence-electron chi connectivity index (χ4n) is 3.35. The Balaban J connectivity index is 1.86. The number of carbonyl (C=O) groups is 1. The van der Waals surface area contributed by atoms with E-state index in [1.54, 1.807) is 17.0 Å². The molecule has 3 heterocycles. The molecule has 0 atom stereocenters. The van der Waals surface area contributed by atoms with Crippen molar-refractivity contribution in [2.24, 2.45) is 5.92 Å². The molecular weight excluding hydrogens is 344 g/mol. The molecule has 0 fully saturated rings. The average molecular weight is 364 g/mol. The second kappa shape index (κ2) is 6.42. The summed E-state index contributed by atoms with van der Waals surface area (Å²) in [6.07, 6.45) is 5.40. The van der Waals surface area contributed by atoms with Crippen LogP contribution in [0.3, 0.4) is 0 Å². The summed E-state index contributed by atoms with van der Waals surface area (Å²) in [7, 11) is 1.31. The number of benzene rings is 1. The standard InChI is InChI=1S/C20H20N4O3/c1-12(2)9-23-7-6-13-8-14(4-5-17(13)23)24-10-15-18(21-22-19(15)25)16(11-24)20(26)27-3/h4-8,10-12H,9H2,1-3H3,(H,22,25). The Morgan fingerprint density at radius 2 is 2.07 bits per heavy atom. The predicted molar refractivity (Wildman–Crippen MR) is 102 cm³/mol. The first-order valence-corrected chi connectivity index (χ1v) is 8.76. The quantitative estimate of drug-likeness (QED) is 0.564. The van der Waals surface area contributed by atoms with Gasteiger partial charge < -0.3 is 13.9 Å². The van der Waals surface area contributed by atoms with Crippen molar-refractivity contribution in [3.63, 3.8) is 0 Å². The normalized spacial score (nSPS) is 11.6. The SMILES string of the molecule is COC(=O)c1cn(-c2ccc3c(ccn3CC(C)C)c2)cc2c(=O)[nH]nc1-2. The van der Waals surface area contributed by atoms with Crippen LogP contribution in [-0.4, -0.2) is 32.4 Å². The topological polar surface area (TPSA) is 81.9 Å². The van der Waals surface area contributed by atoms with Crippen LogP contribution in [0, 0.1) is 5.92 Å². The Kier molecular flexibility index (Phi) is 4.07. The minimum absolute atomic E-state index is 0.242. The van der Waals surface area contributed by atoms with Gasteiger partial charge in [-0.1, -0.05) is 13.8 Å². The lowest BCUT2D eigenvalue weighted by Gasteiger charge is -2.13. The van der Waals surface area contributed by atoms with Gasteiger partial charge in [-0.15, -0.1) is 0 Å². The largest absolute Gasteiger partial charge is 0.465 e. The van der Waals surface area contributed by atoms with Crippen LogP contribution in [0.5, 0.6) is 0 Å². The highest BCUT2D eigenvalue weighted by atomic mass is 16.5. The van der Waals surface area contributed by atoms with Gasteiger partial charge in [0, 0.05) is 41.7 Å². The molecule has 2 aliphatic rings. The molecule has 27 heavy (non-hydrogen) atoms. The van der Waals surface area contributed by atoms with Crippen molar-refractivity contribution in [2.75, 3.05) is 7.11 Å². The number of esters is 1. The van der Waals surface area contributed by atoms with E-state index in [4.69, 9.17) is 4.74 Å². The molecule has 138 valence electrons. The van der Waals surface area contributed by atoms with Gasteiger partial charge in [0.15, 0.2) is 0 Å². The zero-order valence-electron chi connectivity index (χ0n) is 15.4. The Labute approximate surface area is 155 Å². The van der Waals surface area contributed by atoms with Gasteiger partial charge in [0.25, 0.3) is 5.56 Å². The molecule has 0 radical (unpaired) electrons. The highest BCUT2D eigenvalue weighted by Crippen LogP contribution is 2.25. The second-order valence-electron chi connectivity index (χ2n) is 6.99. The van der Waals surface area contributed by atoms with E-state index < -0.39 is 5.97 Å². The molecule has 0 amide bonds. The lowest BCUT2D eigenvalue weighted by atomic mass is 10.1. The van der Waals surface area contributed by atoms with Crippen molar-refractivity contribution in [1.82, 2.24) is 19.3 Å². The number of nitrogens with one attached hydrogen (secondary N) is 1. The van der Waals surface area contributed by atoms with Crippen molar-refractivity contribution in [3.8, 4) is 16.9 Å². The van der Waals surface area contributed by atoms with Crippen LogP contribution < -0.4 is 5.56 Å². The maximum absolute atomic E-state index is 12.1. The number of hydrogen-bond acceptors (Lipinski definition) is 4. The summed E-state index contributed by atoms with van der Waals surface area (Å²) in [5.74, 6) is 0.0150. The molecule has 0 aliphatic carbocycles. The van der Waals surface area contributed by atoms with Crippen LogP contribution in [0.1, 0.15) is 24.2 Å². The molecule has 0 saturated carbocycles. The maximum Gasteiger partial charge on any atom is 0.341 e. The molecule has 7 heteroatoms. The van der Waals surface area contributed by atoms with Gasteiger partial charge in [0.1, 0.15) is 11.3 Å². The Hall–Kier alpha value is -3.35. The summed E-state index contributed by atoms with van der Waals surface area (Å²) in [4.78, 5) is 24.2. The third kappa shape index (κ3) is 2.91. The number of H-pyrrole nitrogens is 1. The van der Waals surface area contributed by atoms with E-state index in [1.807, 2.05) is 12.1 Å². The monoisotopic (exact) mass is 364 g/mol. The Morgan fingerprint density at radius 3 is 2.81 bits per heavy atom. The van der Waals surface area contributed by atoms with Crippen molar-refractivity contribution in [2.45, 2.75) is 20.4 Å². The Bertz CT molecular complexity index is 1170. The van der Waals surface area contributed by atoms with Gasteiger partial charge in [0.05, 0.1) is 12.7 Å². The van der Waals surface area contributed by atoms with E-state index in [0.717, 1.165) is 23.1 Å². The molecule has 4 rings (SSSR count). The van der Waals surface area contributed by atoms with Crippen LogP contribution in [0.4, 0.5) is 0 Å². The van der Waals surface area contributed by atoms with Crippen LogP contribution in [-0.2, 0) is 11.3 Å². The number of fused-ring (bicyclic) bond motifs is 2. The van der Waals surface area contributed by atoms with E-state index in [-0.39, 0.29) is 11.1 Å². The number of aromatic nitrogens is 4. The smallest absolute Gasteiger partial charge is 0.341 e. The van der Waals surface area contributed by atoms with E-state index in [1.165, 1.54) is 7.11 Å². The number of rotatable bonds is 4. The van der Waals surface area contributed by atoms with Crippen LogP contribution >= 0.6 is 0 Å². The molecule has 0 bridgehead atoms. The summed E-state index contributed by atoms with van der Waals surface area (Å²) < 4.78 is 8.82. The van der Waals surface area contributed by atoms with Gasteiger partial charge in [0.2, 0.25) is 0 Å². The number of ether oxygens (including phenoxy) is 1. The third-order valence-corrected chi connectivity index (χ3v) is 4.58. The van der Waals surface area contributed by atoms with Crippen molar-refractivity contribution in [3.05, 3.63) is 58.8 Å². The summed E-state index contributed by atoms with van der Waals surface area (Å²) in [6, 6.07) is 8.12. The number of hydrogen-bond donors (Lipinski definition) is 1. The van der Waals surface area contributed by atoms with E-state index in [2.05, 4.69) is 46.9 Å². The number of nitrogens with zero attached hydrogens (tertiary/aromatic N) is 3. The first-order valence-electron chi connectivity index (χ1n) is 8.76. The second-order valence-corrected chi connectivity index (χ2v) is 6.99. The first kappa shape index (κ1) is 17.1. The van der Waals surface area contributed by atoms with Crippen LogP contribution in [0.2, 0.25) is 0 Å². The van der Waals surface area contributed by atoms with Crippen LogP contribution in [0.15, 0.2) is 47.7 Å². The van der Waals surface area contributed by atoms with Gasteiger partial charge in [-0.05, 0) is 30.2 Å². The lowest BCUT2D eigenvalue weighted by molar-refractivity contribution is 0.0600. The van der Waals surface area contributed by atoms with Crippen molar-refractivity contribution >= 4 is 16.9 Å². The first-order chi connectivity index (χ1) is 13.0. The van der Waals surface area contributed by atoms with Crippen LogP contribution in [0.25, 0.3) is 27.8 Å². The molecule has 1 N–H and O–H groups in total. The molecular formula is C20H20N4O3. The molecule has 1 aromatic carbocycles. The number of pyridine rings is 1. The number of aromatic amines is 1. The fraction of sp³-hybridized carbons (Fsp3) is 0.250. The molecule has 0 unspecified atom stereocenters. The lowest BCUT2D eigenvalue weighted by Crippen LogP contribution is -2.11. The predicted octanol–water partition coefficient (Wildman–Crippen LogP) is 3.06. The molecule has 2 aromatic rings. The maximum atomic E-state index is 12.1. The molecule has 7 nitrogen and oxygen atoms in total. The van der Waals surface area contributed by atoms with Gasteiger partial charge in [-0.25, -0.2) is 9.89 Å². The molecule has 0 spiro atoms. The van der Waals surface area contributed by atoms with Crippen molar-refractivity contribution < 1.29 is 9.53 Å². The van der Waals surface area contributed by atoms with Gasteiger partial charge in [-0.2, -0.15) is 5.10 Å². The number of methoxy groups -OCH3 is 1. The van der Waals surface area contributed by atoms with E-state index in [9.17, 15) is 9.59 Å². The summed E-state index contributed by atoms with van der Waals surface area (Å²) >= 11 is 0. The summed E-state index contributed by atoms with van der Waals surface area (Å²) in [5.41, 5.74) is 2.55. The van der Waals surface area contributed by atoms with Crippen molar-refractivity contribution in [1.29, 1.82) is 0 Å². The average Bonchev–Trinajstić information content (AvgIpc) is 3.23. The van der Waals surface area contributed by atoms with E-state index in [0.29, 0.717) is 17.2 Å².